The first-order chi connectivity index (χ1) is 6.22. The Labute approximate surface area is 82.5 Å². The van der Waals surface area contributed by atoms with Gasteiger partial charge in [-0.15, -0.1) is 0 Å². The molecule has 0 saturated heterocycles. The monoisotopic (exact) mass is 195 g/mol. The molecule has 1 unspecified atom stereocenters. The maximum Gasteiger partial charge on any atom is 0.221 e. The summed E-state index contributed by atoms with van der Waals surface area (Å²) in [6.07, 6.45) is 7.68. The Bertz CT molecular complexity index is 299. The zero-order chi connectivity index (χ0) is 9.68. The van der Waals surface area contributed by atoms with Crippen LogP contribution in [0.5, 0.6) is 0 Å². The molecule has 0 saturated carbocycles. The van der Waals surface area contributed by atoms with Crippen LogP contribution >= 0.6 is 11.6 Å². The van der Waals surface area contributed by atoms with Crippen molar-refractivity contribution < 1.29 is 4.79 Å². The van der Waals surface area contributed by atoms with Crippen molar-refractivity contribution in [2.45, 2.75) is 19.3 Å². The van der Waals surface area contributed by atoms with Gasteiger partial charge in [-0.3, -0.25) is 4.79 Å². The molecular weight excluding hydrogens is 186 g/mol. The van der Waals surface area contributed by atoms with Crippen LogP contribution in [0.1, 0.15) is 19.3 Å². The van der Waals surface area contributed by atoms with Crippen molar-refractivity contribution in [3.63, 3.8) is 0 Å². The molecule has 0 fully saturated rings. The van der Waals surface area contributed by atoms with Crippen LogP contribution in [0.15, 0.2) is 23.8 Å². The van der Waals surface area contributed by atoms with Crippen LogP contribution in [-0.4, -0.2) is 5.24 Å². The van der Waals surface area contributed by atoms with Crippen molar-refractivity contribution in [2.75, 3.05) is 0 Å². The molecule has 0 spiro atoms. The Morgan fingerprint density at radius 1 is 1.77 bits per heavy atom. The van der Waals surface area contributed by atoms with Gasteiger partial charge in [0, 0.05) is 12.0 Å². The van der Waals surface area contributed by atoms with E-state index in [9.17, 15) is 4.79 Å². The van der Waals surface area contributed by atoms with E-state index in [4.69, 9.17) is 16.9 Å². The van der Waals surface area contributed by atoms with E-state index in [0.29, 0.717) is 17.9 Å². The second-order valence-corrected chi connectivity index (χ2v) is 3.44. The Morgan fingerprint density at radius 2 is 2.54 bits per heavy atom. The molecule has 0 N–H and O–H groups in total. The summed E-state index contributed by atoms with van der Waals surface area (Å²) in [6, 6.07) is 2.07. The molecule has 0 aromatic heterocycles. The molecule has 0 heterocycles. The van der Waals surface area contributed by atoms with Gasteiger partial charge >= 0.3 is 0 Å². The van der Waals surface area contributed by atoms with Gasteiger partial charge in [-0.1, -0.05) is 12.2 Å². The fourth-order valence-electron chi connectivity index (χ4n) is 1.26. The average Bonchev–Trinajstić information content (AvgIpc) is 2.15. The Morgan fingerprint density at radius 3 is 3.00 bits per heavy atom. The van der Waals surface area contributed by atoms with Crippen molar-refractivity contribution in [3.05, 3.63) is 23.8 Å². The number of nitrogens with zero attached hydrogens (tertiary/aromatic N) is 1. The molecule has 68 valence electrons. The molecule has 3 heteroatoms. The van der Waals surface area contributed by atoms with Gasteiger partial charge in [-0.05, 0) is 36.4 Å². The standard InChI is InChI=1S/C10H10ClNO/c11-10(13)6-5-8-1-3-9(7-12)4-2-8/h1,3-4,8H,2,5-6H2. The predicted octanol–water partition coefficient (Wildman–Crippen LogP) is 2.56. The molecule has 2 nitrogen and oxygen atoms in total. The van der Waals surface area contributed by atoms with Crippen LogP contribution < -0.4 is 0 Å². The van der Waals surface area contributed by atoms with Crippen molar-refractivity contribution >= 4 is 16.8 Å². The van der Waals surface area contributed by atoms with Gasteiger partial charge in [-0.2, -0.15) is 5.26 Å². The van der Waals surface area contributed by atoms with E-state index in [1.165, 1.54) is 0 Å². The van der Waals surface area contributed by atoms with E-state index < -0.39 is 0 Å². The minimum absolute atomic E-state index is 0.288. The zero-order valence-electron chi connectivity index (χ0n) is 7.16. The van der Waals surface area contributed by atoms with Gasteiger partial charge in [0.05, 0.1) is 6.07 Å². The molecule has 0 bridgehead atoms. The lowest BCUT2D eigenvalue weighted by Crippen LogP contribution is -2.01. The second kappa shape index (κ2) is 4.84. The van der Waals surface area contributed by atoms with Crippen LogP contribution in [-0.2, 0) is 4.79 Å². The van der Waals surface area contributed by atoms with Gasteiger partial charge < -0.3 is 0 Å². The van der Waals surface area contributed by atoms with E-state index in [-0.39, 0.29) is 5.24 Å². The van der Waals surface area contributed by atoms with E-state index in [1.807, 2.05) is 12.2 Å². The number of nitriles is 1. The lowest BCUT2D eigenvalue weighted by Gasteiger charge is -2.11. The molecule has 1 aliphatic rings. The van der Waals surface area contributed by atoms with Crippen LogP contribution in [0.2, 0.25) is 0 Å². The Hall–Kier alpha value is -1.07. The maximum atomic E-state index is 10.5. The van der Waals surface area contributed by atoms with Crippen molar-refractivity contribution in [1.82, 2.24) is 0 Å². The molecular formula is C10H10ClNO. The number of rotatable bonds is 3. The number of allylic oxidation sites excluding steroid dienone is 4. The molecule has 0 aromatic carbocycles. The maximum absolute atomic E-state index is 10.5. The number of carbonyl (C=O) groups excluding carboxylic acids is 1. The highest BCUT2D eigenvalue weighted by atomic mass is 35.5. The Balaban J connectivity index is 2.36. The summed E-state index contributed by atoms with van der Waals surface area (Å²) < 4.78 is 0. The lowest BCUT2D eigenvalue weighted by atomic mass is 9.93. The highest BCUT2D eigenvalue weighted by Gasteiger charge is 2.09. The summed E-state index contributed by atoms with van der Waals surface area (Å²) >= 11 is 5.22. The zero-order valence-corrected chi connectivity index (χ0v) is 7.92. The Kier molecular flexibility index (Phi) is 3.72. The molecule has 1 rings (SSSR count). The fourth-order valence-corrected chi connectivity index (χ4v) is 1.37. The van der Waals surface area contributed by atoms with Crippen LogP contribution in [0.25, 0.3) is 0 Å². The molecule has 13 heavy (non-hydrogen) atoms. The highest BCUT2D eigenvalue weighted by molar-refractivity contribution is 6.63. The largest absolute Gasteiger partial charge is 0.281 e. The topological polar surface area (TPSA) is 40.9 Å². The SMILES string of the molecule is N#CC1=CCC(CCC(=O)Cl)C=C1. The lowest BCUT2D eigenvalue weighted by molar-refractivity contribution is -0.111. The minimum atomic E-state index is -0.288. The van der Waals surface area contributed by atoms with Gasteiger partial charge in [0.1, 0.15) is 0 Å². The minimum Gasteiger partial charge on any atom is -0.281 e. The van der Waals surface area contributed by atoms with Crippen molar-refractivity contribution in [1.29, 1.82) is 5.26 Å². The average molecular weight is 196 g/mol. The number of hydrogen-bond acceptors (Lipinski definition) is 2. The van der Waals surface area contributed by atoms with Crippen LogP contribution in [0.4, 0.5) is 0 Å². The summed E-state index contributed by atoms with van der Waals surface area (Å²) in [5, 5.41) is 8.26. The quantitative estimate of drug-likeness (QED) is 0.650. The molecule has 0 radical (unpaired) electrons. The summed E-state index contributed by atoms with van der Waals surface area (Å²) in [6.45, 7) is 0. The first kappa shape index (κ1) is 10.0. The van der Waals surface area contributed by atoms with Gasteiger partial charge in [0.25, 0.3) is 0 Å². The van der Waals surface area contributed by atoms with Crippen LogP contribution in [0.3, 0.4) is 0 Å². The van der Waals surface area contributed by atoms with E-state index >= 15 is 0 Å². The third-order valence-electron chi connectivity index (χ3n) is 2.03. The highest BCUT2D eigenvalue weighted by Crippen LogP contribution is 2.20. The summed E-state index contributed by atoms with van der Waals surface area (Å²) in [7, 11) is 0. The van der Waals surface area contributed by atoms with E-state index in [2.05, 4.69) is 6.07 Å². The number of halogens is 1. The van der Waals surface area contributed by atoms with Crippen molar-refractivity contribution in [2.24, 2.45) is 5.92 Å². The first-order valence-electron chi connectivity index (χ1n) is 4.19. The number of carbonyl (C=O) groups is 1. The second-order valence-electron chi connectivity index (χ2n) is 3.02. The van der Waals surface area contributed by atoms with Crippen molar-refractivity contribution in [3.8, 4) is 6.07 Å². The third-order valence-corrected chi connectivity index (χ3v) is 2.22. The number of hydrogen-bond donors (Lipinski definition) is 0. The molecule has 0 aliphatic heterocycles. The van der Waals surface area contributed by atoms with Crippen LogP contribution in [0, 0.1) is 17.2 Å². The summed E-state index contributed by atoms with van der Waals surface area (Å²) in [5.74, 6) is 0.361. The third kappa shape index (κ3) is 3.43. The van der Waals surface area contributed by atoms with E-state index in [1.54, 1.807) is 6.08 Å². The molecule has 1 atom stereocenters. The molecule has 0 amide bonds. The smallest absolute Gasteiger partial charge is 0.221 e. The van der Waals surface area contributed by atoms with Gasteiger partial charge in [0.2, 0.25) is 5.24 Å². The normalized spacial score (nSPS) is 20.6. The van der Waals surface area contributed by atoms with Gasteiger partial charge in [0.15, 0.2) is 0 Å². The van der Waals surface area contributed by atoms with E-state index in [0.717, 1.165) is 12.8 Å². The van der Waals surface area contributed by atoms with Gasteiger partial charge in [-0.25, -0.2) is 0 Å². The first-order valence-corrected chi connectivity index (χ1v) is 4.57. The summed E-state index contributed by atoms with van der Waals surface area (Å²) in [5.41, 5.74) is 0.702. The molecule has 0 aromatic rings. The fraction of sp³-hybridized carbons (Fsp3) is 0.400. The predicted molar refractivity (Wildman–Crippen MR) is 51.0 cm³/mol. The molecule has 1 aliphatic carbocycles. The summed E-state index contributed by atoms with van der Waals surface area (Å²) in [4.78, 5) is 10.5.